The molecule has 0 saturated carbocycles. The molecule has 1 aromatic heterocycles. The topological polar surface area (TPSA) is 63.8 Å². The largest absolute Gasteiger partial charge is 0.344 e. The summed E-state index contributed by atoms with van der Waals surface area (Å²) in [5.41, 5.74) is -0.400. The van der Waals surface area contributed by atoms with Crippen molar-refractivity contribution in [3.8, 4) is 0 Å². The zero-order chi connectivity index (χ0) is 6.85. The van der Waals surface area contributed by atoms with Crippen LogP contribution in [0.15, 0.2) is 17.1 Å². The van der Waals surface area contributed by atoms with E-state index in [1.165, 1.54) is 12.3 Å². The number of aromatic nitrogens is 2. The van der Waals surface area contributed by atoms with Crippen molar-refractivity contribution in [3.63, 3.8) is 0 Å². The molecule has 0 saturated heterocycles. The number of nitrogens with two attached hydrogens (primary N) is 1. The predicted octanol–water partition coefficient (Wildman–Crippen LogP) is -0.380. The van der Waals surface area contributed by atoms with Crippen LogP contribution in [-0.4, -0.2) is 9.66 Å². The van der Waals surface area contributed by atoms with E-state index in [2.05, 4.69) is 17.2 Å². The number of nitrogens with one attached hydrogen (secondary N) is 1. The Kier molecular flexibility index (Phi) is 1.35. The molecular weight excluding hydrogens is 138 g/mol. The lowest BCUT2D eigenvalue weighted by Crippen LogP contribution is -2.28. The third kappa shape index (κ3) is 1.17. The molecule has 0 fully saturated rings. The van der Waals surface area contributed by atoms with E-state index in [1.54, 1.807) is 0 Å². The number of hydrogen-bond acceptors (Lipinski definition) is 3. The highest BCUT2D eigenvalue weighted by molar-refractivity contribution is 7.71. The minimum Gasteiger partial charge on any atom is -0.335 e. The lowest BCUT2D eigenvalue weighted by atomic mass is 10.7. The van der Waals surface area contributed by atoms with E-state index in [-0.39, 0.29) is 0 Å². The van der Waals surface area contributed by atoms with Gasteiger partial charge in [0.05, 0.1) is 0 Å². The minimum atomic E-state index is -0.400. The molecule has 0 aliphatic rings. The van der Waals surface area contributed by atoms with Crippen molar-refractivity contribution in [1.29, 1.82) is 0 Å². The molecule has 1 rings (SSSR count). The van der Waals surface area contributed by atoms with E-state index in [1.807, 2.05) is 0 Å². The van der Waals surface area contributed by atoms with E-state index in [0.717, 1.165) is 4.68 Å². The normalized spacial score (nSPS) is 9.33. The molecule has 1 aromatic rings. The third-order valence-corrected chi connectivity index (χ3v) is 1.09. The van der Waals surface area contributed by atoms with Gasteiger partial charge in [-0.3, -0.25) is 4.98 Å². The van der Waals surface area contributed by atoms with Gasteiger partial charge in [0.1, 0.15) is 4.64 Å². The third-order valence-electron chi connectivity index (χ3n) is 0.851. The smallest absolute Gasteiger partial charge is 0.335 e. The number of nitrogens with zero attached hydrogens (tertiary/aromatic N) is 1. The lowest BCUT2D eigenvalue weighted by Gasteiger charge is -1.91. The predicted molar refractivity (Wildman–Crippen MR) is 36.0 cm³/mol. The van der Waals surface area contributed by atoms with Gasteiger partial charge in [0, 0.05) is 6.20 Å². The molecule has 4 nitrogen and oxygen atoms in total. The molecule has 0 aromatic carbocycles. The van der Waals surface area contributed by atoms with Gasteiger partial charge < -0.3 is 5.84 Å². The zero-order valence-electron chi connectivity index (χ0n) is 4.50. The second kappa shape index (κ2) is 2.02. The molecule has 0 unspecified atom stereocenters. The molecule has 0 atom stereocenters. The summed E-state index contributed by atoms with van der Waals surface area (Å²) in [5.74, 6) is 5.12. The van der Waals surface area contributed by atoms with Crippen molar-refractivity contribution in [3.05, 3.63) is 27.4 Å². The quantitative estimate of drug-likeness (QED) is 0.384. The Bertz CT molecular complexity index is 312. The number of rotatable bonds is 0. The zero-order valence-corrected chi connectivity index (χ0v) is 5.31. The maximum atomic E-state index is 10.6. The van der Waals surface area contributed by atoms with E-state index in [4.69, 9.17) is 5.84 Å². The molecule has 1 heterocycles. The van der Waals surface area contributed by atoms with Crippen LogP contribution in [-0.2, 0) is 0 Å². The van der Waals surface area contributed by atoms with E-state index >= 15 is 0 Å². The summed E-state index contributed by atoms with van der Waals surface area (Å²) in [7, 11) is 0. The Morgan fingerprint density at radius 3 is 2.89 bits per heavy atom. The van der Waals surface area contributed by atoms with Crippen LogP contribution in [0, 0.1) is 4.64 Å². The number of hydrogen-bond donors (Lipinski definition) is 2. The number of H-pyrrole nitrogens is 1. The highest BCUT2D eigenvalue weighted by Crippen LogP contribution is 1.74. The fraction of sp³-hybridized carbons (Fsp3) is 0. The maximum absolute atomic E-state index is 10.6. The van der Waals surface area contributed by atoms with Gasteiger partial charge in [-0.25, -0.2) is 9.47 Å². The molecule has 3 N–H and O–H groups in total. The van der Waals surface area contributed by atoms with Crippen LogP contribution in [0.1, 0.15) is 0 Å². The summed E-state index contributed by atoms with van der Waals surface area (Å²) in [6, 6.07) is 1.54. The molecule has 9 heavy (non-hydrogen) atoms. The summed E-state index contributed by atoms with van der Waals surface area (Å²) in [6.45, 7) is 0. The van der Waals surface area contributed by atoms with Gasteiger partial charge in [-0.1, -0.05) is 12.2 Å². The molecule has 0 aliphatic carbocycles. The first-order valence-electron chi connectivity index (χ1n) is 2.27. The van der Waals surface area contributed by atoms with Crippen molar-refractivity contribution < 1.29 is 0 Å². The second-order valence-corrected chi connectivity index (χ2v) is 1.96. The highest BCUT2D eigenvalue weighted by atomic mass is 32.1. The van der Waals surface area contributed by atoms with Gasteiger partial charge in [-0.2, -0.15) is 0 Å². The molecule has 5 heteroatoms. The molecule has 0 spiro atoms. The van der Waals surface area contributed by atoms with Gasteiger partial charge >= 0.3 is 5.69 Å². The standard InChI is InChI=1S/C4H5N3OS/c5-7-2-1-3(9)6-4(7)8/h1-2H,5H2,(H,6,8,9). The first kappa shape index (κ1) is 6.03. The van der Waals surface area contributed by atoms with Crippen molar-refractivity contribution in [1.82, 2.24) is 9.66 Å². The minimum absolute atomic E-state index is 0.390. The van der Waals surface area contributed by atoms with Crippen molar-refractivity contribution in [2.45, 2.75) is 0 Å². The van der Waals surface area contributed by atoms with Gasteiger partial charge in [0.2, 0.25) is 0 Å². The number of nitrogen functional groups attached to an aromatic ring is 1. The van der Waals surface area contributed by atoms with Crippen LogP contribution in [0.5, 0.6) is 0 Å². The monoisotopic (exact) mass is 143 g/mol. The molecular formula is C4H5N3OS. The average Bonchev–Trinajstić information content (AvgIpc) is 1.80. The lowest BCUT2D eigenvalue weighted by molar-refractivity contribution is 0.866. The van der Waals surface area contributed by atoms with Crippen LogP contribution in [0.2, 0.25) is 0 Å². The van der Waals surface area contributed by atoms with Gasteiger partial charge in [0.25, 0.3) is 0 Å². The summed E-state index contributed by atoms with van der Waals surface area (Å²) in [6.07, 6.45) is 1.40. The van der Waals surface area contributed by atoms with E-state index in [0.29, 0.717) is 4.64 Å². The van der Waals surface area contributed by atoms with Gasteiger partial charge in [-0.15, -0.1) is 0 Å². The second-order valence-electron chi connectivity index (χ2n) is 1.52. The van der Waals surface area contributed by atoms with Gasteiger partial charge in [-0.05, 0) is 6.07 Å². The van der Waals surface area contributed by atoms with Crippen LogP contribution in [0.4, 0.5) is 0 Å². The fourth-order valence-corrected chi connectivity index (χ4v) is 0.575. The van der Waals surface area contributed by atoms with E-state index < -0.39 is 5.69 Å². The van der Waals surface area contributed by atoms with Crippen LogP contribution in [0.25, 0.3) is 0 Å². The molecule has 0 amide bonds. The summed E-state index contributed by atoms with van der Waals surface area (Å²) in [5, 5.41) is 0. The van der Waals surface area contributed by atoms with Crippen molar-refractivity contribution >= 4 is 12.2 Å². The molecule has 0 bridgehead atoms. The fourth-order valence-electron chi connectivity index (χ4n) is 0.427. The molecule has 0 radical (unpaired) electrons. The average molecular weight is 143 g/mol. The van der Waals surface area contributed by atoms with Crippen LogP contribution < -0.4 is 11.5 Å². The summed E-state index contributed by atoms with van der Waals surface area (Å²) in [4.78, 5) is 12.9. The van der Waals surface area contributed by atoms with E-state index in [9.17, 15) is 4.79 Å². The SMILES string of the molecule is Nn1ccc(=S)[nH]c1=O. The Balaban J connectivity index is 3.52. The Morgan fingerprint density at radius 2 is 2.44 bits per heavy atom. The first-order chi connectivity index (χ1) is 4.20. The Hall–Kier alpha value is -1.10. The number of aromatic amines is 1. The summed E-state index contributed by atoms with van der Waals surface area (Å²) < 4.78 is 1.32. The Morgan fingerprint density at radius 1 is 1.78 bits per heavy atom. The molecule has 0 aliphatic heterocycles. The Labute approximate surface area is 55.9 Å². The summed E-state index contributed by atoms with van der Waals surface area (Å²) >= 11 is 4.63. The molecule has 48 valence electrons. The van der Waals surface area contributed by atoms with Crippen molar-refractivity contribution in [2.24, 2.45) is 0 Å². The first-order valence-corrected chi connectivity index (χ1v) is 2.68. The van der Waals surface area contributed by atoms with Crippen molar-refractivity contribution in [2.75, 3.05) is 5.84 Å². The van der Waals surface area contributed by atoms with Crippen LogP contribution >= 0.6 is 12.2 Å². The van der Waals surface area contributed by atoms with Gasteiger partial charge in [0.15, 0.2) is 0 Å². The maximum Gasteiger partial charge on any atom is 0.344 e. The van der Waals surface area contributed by atoms with Crippen LogP contribution in [0.3, 0.4) is 0 Å². The highest BCUT2D eigenvalue weighted by Gasteiger charge is 1.83.